The molecule has 4 aromatic rings. The lowest BCUT2D eigenvalue weighted by Crippen LogP contribution is -2.40. The lowest BCUT2D eigenvalue weighted by molar-refractivity contribution is -0.138. The molecule has 3 aromatic carbocycles. The molecular formula is C30H21I2N3O4S. The molecule has 1 aromatic heterocycles. The maximum Gasteiger partial charge on any atom is 0.338 e. The summed E-state index contributed by atoms with van der Waals surface area (Å²) in [7, 11) is 0. The number of aromatic nitrogens is 1. The van der Waals surface area contributed by atoms with Crippen molar-refractivity contribution in [2.45, 2.75) is 13.0 Å². The molecule has 10 heteroatoms. The molecule has 1 aliphatic rings. The molecule has 0 saturated carbocycles. The first kappa shape index (κ1) is 28.3. The van der Waals surface area contributed by atoms with Crippen LogP contribution in [0.2, 0.25) is 0 Å². The largest absolute Gasteiger partial charge is 0.477 e. The Morgan fingerprint density at radius 1 is 1.10 bits per heavy atom. The molecule has 0 radical (unpaired) electrons. The van der Waals surface area contributed by atoms with Crippen LogP contribution >= 0.6 is 56.5 Å². The van der Waals surface area contributed by atoms with Gasteiger partial charge in [-0.25, -0.2) is 9.79 Å². The Morgan fingerprint density at radius 2 is 1.75 bits per heavy atom. The average molecular weight is 773 g/mol. The molecule has 0 fully saturated rings. The number of thiazole rings is 1. The van der Waals surface area contributed by atoms with E-state index in [1.54, 1.807) is 11.5 Å². The molecule has 0 N–H and O–H groups in total. The molecule has 0 bridgehead atoms. The summed E-state index contributed by atoms with van der Waals surface area (Å²) in [6, 6.07) is 24.0. The number of hydrogen-bond donors (Lipinski definition) is 0. The monoisotopic (exact) mass is 773 g/mol. The second kappa shape index (κ2) is 12.5. The summed E-state index contributed by atoms with van der Waals surface area (Å²) in [5, 5.41) is 8.88. The predicted octanol–water partition coefficient (Wildman–Crippen LogP) is 5.05. The summed E-state index contributed by atoms with van der Waals surface area (Å²) in [6.45, 7) is 1.91. The van der Waals surface area contributed by atoms with Crippen molar-refractivity contribution in [3.05, 3.63) is 122 Å². The van der Waals surface area contributed by atoms with Crippen molar-refractivity contribution in [2.24, 2.45) is 4.99 Å². The topological polar surface area (TPSA) is 93.7 Å². The van der Waals surface area contributed by atoms with Crippen LogP contribution in [0.3, 0.4) is 0 Å². The van der Waals surface area contributed by atoms with Gasteiger partial charge in [-0.05, 0) is 81.4 Å². The number of esters is 1. The second-order valence-corrected chi connectivity index (χ2v) is 11.9. The van der Waals surface area contributed by atoms with Gasteiger partial charge in [-0.3, -0.25) is 9.36 Å². The van der Waals surface area contributed by atoms with Crippen LogP contribution in [0.25, 0.3) is 11.8 Å². The molecule has 0 unspecified atom stereocenters. The van der Waals surface area contributed by atoms with Crippen LogP contribution in [-0.2, 0) is 9.53 Å². The Bertz CT molecular complexity index is 1820. The molecule has 0 aliphatic carbocycles. The smallest absolute Gasteiger partial charge is 0.338 e. The normalized spacial score (nSPS) is 14.8. The fraction of sp³-hybridized carbons (Fsp3) is 0.133. The quantitative estimate of drug-likeness (QED) is 0.194. The molecule has 7 nitrogen and oxygen atoms in total. The van der Waals surface area contributed by atoms with E-state index in [9.17, 15) is 9.59 Å². The molecule has 0 spiro atoms. The van der Waals surface area contributed by atoms with Crippen molar-refractivity contribution >= 4 is 74.3 Å². The zero-order chi connectivity index (χ0) is 28.2. The van der Waals surface area contributed by atoms with Crippen LogP contribution in [0.15, 0.2) is 88.2 Å². The van der Waals surface area contributed by atoms with Gasteiger partial charge in [0.15, 0.2) is 11.4 Å². The van der Waals surface area contributed by atoms with E-state index in [0.29, 0.717) is 26.4 Å². The molecule has 2 heterocycles. The van der Waals surface area contributed by atoms with E-state index in [2.05, 4.69) is 45.2 Å². The summed E-state index contributed by atoms with van der Waals surface area (Å²) in [5.74, 6) is 0.127. The van der Waals surface area contributed by atoms with Crippen molar-refractivity contribution < 1.29 is 14.3 Å². The molecule has 0 saturated heterocycles. The highest BCUT2D eigenvalue weighted by atomic mass is 127. The first-order valence-corrected chi connectivity index (χ1v) is 15.2. The highest BCUT2D eigenvalue weighted by molar-refractivity contribution is 14.1. The average Bonchev–Trinajstić information content (AvgIpc) is 3.27. The number of fused-ring (bicyclic) bond motifs is 1. The van der Waals surface area contributed by atoms with Crippen LogP contribution in [-0.4, -0.2) is 23.8 Å². The summed E-state index contributed by atoms with van der Waals surface area (Å²) in [5.41, 5.74) is 2.92. The Hall–Kier alpha value is -3.28. The zero-order valence-corrected chi connectivity index (χ0v) is 26.3. The number of carbonyl (C=O) groups excluding carboxylic acids is 1. The maximum atomic E-state index is 14.0. The third-order valence-electron chi connectivity index (χ3n) is 6.09. The van der Waals surface area contributed by atoms with E-state index in [1.165, 1.54) is 11.3 Å². The first-order valence-electron chi connectivity index (χ1n) is 12.2. The van der Waals surface area contributed by atoms with Gasteiger partial charge in [-0.2, -0.15) is 5.26 Å². The van der Waals surface area contributed by atoms with E-state index in [4.69, 9.17) is 19.7 Å². The number of carbonyl (C=O) groups is 1. The van der Waals surface area contributed by atoms with Gasteiger partial charge in [0, 0.05) is 5.56 Å². The van der Waals surface area contributed by atoms with Gasteiger partial charge in [0.25, 0.3) is 5.56 Å². The number of hydrogen-bond acceptors (Lipinski definition) is 7. The van der Waals surface area contributed by atoms with Crippen LogP contribution in [0, 0.1) is 18.5 Å². The van der Waals surface area contributed by atoms with E-state index in [1.807, 2.05) is 84.9 Å². The van der Waals surface area contributed by atoms with Gasteiger partial charge >= 0.3 is 5.97 Å². The Labute approximate surface area is 261 Å². The van der Waals surface area contributed by atoms with E-state index >= 15 is 0 Å². The first-order chi connectivity index (χ1) is 19.4. The van der Waals surface area contributed by atoms with Crippen molar-refractivity contribution in [3.63, 3.8) is 0 Å². The van der Waals surface area contributed by atoms with Gasteiger partial charge in [0.1, 0.15) is 11.8 Å². The number of benzene rings is 3. The Balaban J connectivity index is 1.76. The SMILES string of the molecule is CCOC(=O)C1=C(c2ccccc2)N=c2s/c(=C\c3cc(I)c(OCC#N)c(I)c3)c(=O)n2[C@H]1c1ccccc1. The minimum absolute atomic E-state index is 0.0457. The van der Waals surface area contributed by atoms with Crippen molar-refractivity contribution in [1.82, 2.24) is 4.57 Å². The standard InChI is InChI=1S/C30H21I2N3O4S/c1-2-38-29(37)24-25(19-9-5-3-6-10-19)34-30-35(26(24)20-11-7-4-8-12-20)28(36)23(40-30)17-18-15-21(31)27(22(32)16-18)39-14-13-33/h3-12,15-17,26H,2,14H2,1H3/b23-17-/t26-/m0/s1. The fourth-order valence-electron chi connectivity index (χ4n) is 4.45. The summed E-state index contributed by atoms with van der Waals surface area (Å²) < 4.78 is 14.8. The molecule has 40 heavy (non-hydrogen) atoms. The summed E-state index contributed by atoms with van der Waals surface area (Å²) in [6.07, 6.45) is 1.82. The van der Waals surface area contributed by atoms with E-state index < -0.39 is 12.0 Å². The van der Waals surface area contributed by atoms with Gasteiger partial charge in [-0.1, -0.05) is 72.0 Å². The van der Waals surface area contributed by atoms with Crippen LogP contribution in [0.4, 0.5) is 0 Å². The Kier molecular flexibility index (Phi) is 8.82. The molecule has 5 rings (SSSR count). The summed E-state index contributed by atoms with van der Waals surface area (Å²) in [4.78, 5) is 32.8. The Morgan fingerprint density at radius 3 is 2.38 bits per heavy atom. The number of halogens is 2. The number of nitrogens with zero attached hydrogens (tertiary/aromatic N) is 3. The van der Waals surface area contributed by atoms with Crippen LogP contribution < -0.4 is 19.6 Å². The third kappa shape index (κ3) is 5.63. The second-order valence-electron chi connectivity index (χ2n) is 8.60. The molecule has 200 valence electrons. The number of rotatable bonds is 7. The highest BCUT2D eigenvalue weighted by Crippen LogP contribution is 2.35. The van der Waals surface area contributed by atoms with Gasteiger partial charge in [0.2, 0.25) is 0 Å². The maximum absolute atomic E-state index is 14.0. The lowest BCUT2D eigenvalue weighted by Gasteiger charge is -2.25. The molecule has 1 aliphatic heterocycles. The summed E-state index contributed by atoms with van der Waals surface area (Å²) >= 11 is 5.60. The van der Waals surface area contributed by atoms with Crippen molar-refractivity contribution in [2.75, 3.05) is 13.2 Å². The third-order valence-corrected chi connectivity index (χ3v) is 8.67. The van der Waals surface area contributed by atoms with Gasteiger partial charge < -0.3 is 9.47 Å². The van der Waals surface area contributed by atoms with E-state index in [-0.39, 0.29) is 18.8 Å². The fourth-order valence-corrected chi connectivity index (χ4v) is 7.58. The van der Waals surface area contributed by atoms with Gasteiger partial charge in [-0.15, -0.1) is 0 Å². The molecule has 1 atom stereocenters. The molecule has 0 amide bonds. The minimum atomic E-state index is -0.712. The van der Waals surface area contributed by atoms with Crippen molar-refractivity contribution in [3.8, 4) is 11.8 Å². The lowest BCUT2D eigenvalue weighted by atomic mass is 9.93. The molecular weight excluding hydrogens is 752 g/mol. The minimum Gasteiger partial charge on any atom is -0.477 e. The highest BCUT2D eigenvalue weighted by Gasteiger charge is 2.35. The van der Waals surface area contributed by atoms with Gasteiger partial charge in [0.05, 0.1) is 35.6 Å². The van der Waals surface area contributed by atoms with Crippen LogP contribution in [0.1, 0.15) is 29.7 Å². The number of ether oxygens (including phenoxy) is 2. The zero-order valence-electron chi connectivity index (χ0n) is 21.1. The number of nitriles is 1. The van der Waals surface area contributed by atoms with E-state index in [0.717, 1.165) is 23.8 Å². The van der Waals surface area contributed by atoms with Crippen LogP contribution in [0.5, 0.6) is 5.75 Å². The van der Waals surface area contributed by atoms with Crippen molar-refractivity contribution in [1.29, 1.82) is 5.26 Å². The predicted molar refractivity (Wildman–Crippen MR) is 170 cm³/mol.